The molecule has 0 spiro atoms. The molecule has 6 aromatic carbocycles. The first-order valence-electron chi connectivity index (χ1n) is 16.1. The van der Waals surface area contributed by atoms with Gasteiger partial charge >= 0.3 is 0 Å². The second-order valence-corrected chi connectivity index (χ2v) is 12.7. The number of oxazole rings is 1. The SMILES string of the molecule is CC1(C)c2ccccc2-c2ccc3nc(-c4ccc(-c5ccc(-c6nc(-c7ccccc7)nc(-c7ccccc7)n6)cc5)cc4)oc3c21. The van der Waals surface area contributed by atoms with E-state index in [9.17, 15) is 0 Å². The van der Waals surface area contributed by atoms with Gasteiger partial charge in [-0.2, -0.15) is 0 Å². The van der Waals surface area contributed by atoms with Crippen molar-refractivity contribution in [1.29, 1.82) is 0 Å². The smallest absolute Gasteiger partial charge is 0.227 e. The molecule has 8 aromatic rings. The second kappa shape index (κ2) is 11.0. The highest BCUT2D eigenvalue weighted by molar-refractivity contribution is 5.93. The fourth-order valence-electron chi connectivity index (χ4n) is 6.91. The van der Waals surface area contributed by atoms with Crippen molar-refractivity contribution in [3.63, 3.8) is 0 Å². The molecule has 0 fully saturated rings. The third-order valence-electron chi connectivity index (χ3n) is 9.38. The fourth-order valence-corrected chi connectivity index (χ4v) is 6.91. The Balaban J connectivity index is 1.02. The van der Waals surface area contributed by atoms with Gasteiger partial charge in [-0.1, -0.05) is 141 Å². The van der Waals surface area contributed by atoms with Crippen molar-refractivity contribution in [2.45, 2.75) is 19.3 Å². The predicted molar refractivity (Wildman–Crippen MR) is 192 cm³/mol. The molecule has 1 aliphatic carbocycles. The first-order chi connectivity index (χ1) is 23.5. The lowest BCUT2D eigenvalue weighted by Gasteiger charge is -2.21. The lowest BCUT2D eigenvalue weighted by molar-refractivity contribution is 0.593. The van der Waals surface area contributed by atoms with Crippen LogP contribution in [0, 0.1) is 0 Å². The molecule has 2 aromatic heterocycles. The Morgan fingerprint density at radius 1 is 0.417 bits per heavy atom. The molecule has 0 atom stereocenters. The highest BCUT2D eigenvalue weighted by Crippen LogP contribution is 2.51. The predicted octanol–water partition coefficient (Wildman–Crippen LogP) is 10.7. The van der Waals surface area contributed by atoms with E-state index in [1.54, 1.807) is 0 Å². The normalized spacial score (nSPS) is 13.0. The van der Waals surface area contributed by atoms with Crippen LogP contribution in [-0.4, -0.2) is 19.9 Å². The Hall–Kier alpha value is -6.20. The maximum absolute atomic E-state index is 6.53. The van der Waals surface area contributed by atoms with Crippen LogP contribution in [0.25, 0.3) is 79.0 Å². The average molecular weight is 619 g/mol. The Bertz CT molecular complexity index is 2390. The van der Waals surface area contributed by atoms with Crippen LogP contribution in [0.2, 0.25) is 0 Å². The summed E-state index contributed by atoms with van der Waals surface area (Å²) < 4.78 is 6.53. The Morgan fingerprint density at radius 2 is 0.896 bits per heavy atom. The second-order valence-electron chi connectivity index (χ2n) is 12.7. The molecule has 9 rings (SSSR count). The van der Waals surface area contributed by atoms with Crippen LogP contribution in [0.1, 0.15) is 25.0 Å². The summed E-state index contributed by atoms with van der Waals surface area (Å²) in [7, 11) is 0. The van der Waals surface area contributed by atoms with Crippen molar-refractivity contribution in [2.75, 3.05) is 0 Å². The summed E-state index contributed by atoms with van der Waals surface area (Å²) in [5.74, 6) is 2.57. The van der Waals surface area contributed by atoms with E-state index >= 15 is 0 Å². The maximum Gasteiger partial charge on any atom is 0.227 e. The van der Waals surface area contributed by atoms with Gasteiger partial charge in [0.2, 0.25) is 5.89 Å². The topological polar surface area (TPSA) is 64.7 Å². The number of benzene rings is 6. The van der Waals surface area contributed by atoms with Crippen LogP contribution < -0.4 is 0 Å². The zero-order chi connectivity index (χ0) is 32.2. The maximum atomic E-state index is 6.53. The molecule has 0 N–H and O–H groups in total. The molecule has 5 heteroatoms. The molecule has 5 nitrogen and oxygen atoms in total. The molecule has 0 saturated carbocycles. The van der Waals surface area contributed by atoms with Gasteiger partial charge in [-0.25, -0.2) is 19.9 Å². The van der Waals surface area contributed by atoms with Gasteiger partial charge < -0.3 is 4.42 Å². The lowest BCUT2D eigenvalue weighted by Crippen LogP contribution is -2.15. The van der Waals surface area contributed by atoms with Crippen LogP contribution in [0.15, 0.2) is 150 Å². The summed E-state index contributed by atoms with van der Waals surface area (Å²) in [6.45, 7) is 4.54. The zero-order valence-corrected chi connectivity index (χ0v) is 26.6. The van der Waals surface area contributed by atoms with E-state index in [-0.39, 0.29) is 5.41 Å². The third-order valence-corrected chi connectivity index (χ3v) is 9.38. The molecular formula is C43H30N4O. The highest BCUT2D eigenvalue weighted by Gasteiger charge is 2.38. The molecule has 228 valence electrons. The van der Waals surface area contributed by atoms with Gasteiger partial charge in [0, 0.05) is 33.2 Å². The summed E-state index contributed by atoms with van der Waals surface area (Å²) in [5.41, 5.74) is 12.6. The van der Waals surface area contributed by atoms with Crippen molar-refractivity contribution in [1.82, 2.24) is 19.9 Å². The number of nitrogens with zero attached hydrogens (tertiary/aromatic N) is 4. The highest BCUT2D eigenvalue weighted by atomic mass is 16.3. The fraction of sp³-hybridized carbons (Fsp3) is 0.0698. The molecule has 2 heterocycles. The van der Waals surface area contributed by atoms with Crippen molar-refractivity contribution < 1.29 is 4.42 Å². The molecule has 0 saturated heterocycles. The van der Waals surface area contributed by atoms with Gasteiger partial charge in [0.15, 0.2) is 23.1 Å². The molecule has 0 bridgehead atoms. The van der Waals surface area contributed by atoms with E-state index in [0.29, 0.717) is 23.4 Å². The van der Waals surface area contributed by atoms with Gasteiger partial charge in [0.1, 0.15) is 5.52 Å². The summed E-state index contributed by atoms with van der Waals surface area (Å²) >= 11 is 0. The van der Waals surface area contributed by atoms with Gasteiger partial charge in [0.05, 0.1) is 0 Å². The standard InChI is InChI=1S/C43H30N4O/c1-43(2)35-16-10-9-15-33(35)34-25-26-36-38(37(34)43)48-42(44-36)32-23-19-28(20-24-32)27-17-21-31(22-18-27)41-46-39(29-11-5-3-6-12-29)45-40(47-41)30-13-7-4-8-14-30/h3-26H,1-2H3. The third kappa shape index (κ3) is 4.63. The number of hydrogen-bond acceptors (Lipinski definition) is 5. The van der Waals surface area contributed by atoms with E-state index in [2.05, 4.69) is 98.8 Å². The van der Waals surface area contributed by atoms with Crippen LogP contribution in [-0.2, 0) is 5.41 Å². The van der Waals surface area contributed by atoms with Crippen LogP contribution in [0.4, 0.5) is 0 Å². The van der Waals surface area contributed by atoms with Gasteiger partial charge in [-0.15, -0.1) is 0 Å². The minimum atomic E-state index is -0.161. The first kappa shape index (κ1) is 28.1. The molecular weight excluding hydrogens is 589 g/mol. The Labute approximate surface area is 278 Å². The van der Waals surface area contributed by atoms with Crippen LogP contribution >= 0.6 is 0 Å². The molecule has 48 heavy (non-hydrogen) atoms. The van der Waals surface area contributed by atoms with Crippen molar-refractivity contribution >= 4 is 11.1 Å². The monoisotopic (exact) mass is 618 g/mol. The van der Waals surface area contributed by atoms with E-state index in [1.165, 1.54) is 22.3 Å². The lowest BCUT2D eigenvalue weighted by atomic mass is 9.82. The zero-order valence-electron chi connectivity index (χ0n) is 26.6. The molecule has 0 radical (unpaired) electrons. The molecule has 0 aliphatic heterocycles. The number of rotatable bonds is 5. The number of hydrogen-bond donors (Lipinski definition) is 0. The number of aromatic nitrogens is 4. The van der Waals surface area contributed by atoms with E-state index < -0.39 is 0 Å². The first-order valence-corrected chi connectivity index (χ1v) is 16.1. The molecule has 0 amide bonds. The van der Waals surface area contributed by atoms with Gasteiger partial charge in [-0.3, -0.25) is 0 Å². The van der Waals surface area contributed by atoms with E-state index in [0.717, 1.165) is 44.5 Å². The molecule has 1 aliphatic rings. The van der Waals surface area contributed by atoms with Crippen LogP contribution in [0.5, 0.6) is 0 Å². The largest absolute Gasteiger partial charge is 0.436 e. The van der Waals surface area contributed by atoms with Crippen molar-refractivity contribution in [3.05, 3.63) is 157 Å². The summed E-state index contributed by atoms with van der Waals surface area (Å²) in [5, 5.41) is 0. The molecule has 0 unspecified atom stereocenters. The quantitative estimate of drug-likeness (QED) is 0.192. The summed E-state index contributed by atoms with van der Waals surface area (Å²) in [4.78, 5) is 19.5. The average Bonchev–Trinajstić information content (AvgIpc) is 3.69. The summed E-state index contributed by atoms with van der Waals surface area (Å²) in [6.07, 6.45) is 0. The Morgan fingerprint density at radius 3 is 1.48 bits per heavy atom. The Kier molecular flexibility index (Phi) is 6.40. The van der Waals surface area contributed by atoms with E-state index in [1.807, 2.05) is 60.7 Å². The minimum absolute atomic E-state index is 0.161. The van der Waals surface area contributed by atoms with E-state index in [4.69, 9.17) is 24.4 Å². The summed E-state index contributed by atoms with van der Waals surface area (Å²) in [6, 6.07) is 49.7. The van der Waals surface area contributed by atoms with Gasteiger partial charge in [-0.05, 0) is 46.0 Å². The van der Waals surface area contributed by atoms with Gasteiger partial charge in [0.25, 0.3) is 0 Å². The van der Waals surface area contributed by atoms with Crippen molar-refractivity contribution in [2.24, 2.45) is 0 Å². The number of fused-ring (bicyclic) bond motifs is 5. The van der Waals surface area contributed by atoms with Crippen LogP contribution in [0.3, 0.4) is 0 Å². The minimum Gasteiger partial charge on any atom is -0.436 e. The van der Waals surface area contributed by atoms with Crippen molar-refractivity contribution in [3.8, 4) is 67.9 Å².